The number of halogens is 1. The Labute approximate surface area is 147 Å². The molecule has 0 spiro atoms. The SMILES string of the molecule is Cc1ccc(Cl)cc1Nc1nnc(Sc2ncc([N+](=O)[O-])s2)s1. The van der Waals surface area contributed by atoms with Crippen LogP contribution in [0, 0.1) is 17.0 Å². The van der Waals surface area contributed by atoms with Crippen molar-refractivity contribution < 1.29 is 4.92 Å². The summed E-state index contributed by atoms with van der Waals surface area (Å²) in [6.07, 6.45) is 1.24. The van der Waals surface area contributed by atoms with Gasteiger partial charge in [-0.3, -0.25) is 10.1 Å². The van der Waals surface area contributed by atoms with Crippen molar-refractivity contribution in [3.63, 3.8) is 0 Å². The number of hydrogen-bond acceptors (Lipinski definition) is 9. The van der Waals surface area contributed by atoms with Crippen LogP contribution in [0.2, 0.25) is 5.02 Å². The van der Waals surface area contributed by atoms with Crippen LogP contribution in [0.1, 0.15) is 5.56 Å². The Morgan fingerprint density at radius 2 is 2.13 bits per heavy atom. The van der Waals surface area contributed by atoms with Crippen molar-refractivity contribution in [1.29, 1.82) is 0 Å². The van der Waals surface area contributed by atoms with Crippen LogP contribution in [0.15, 0.2) is 33.1 Å². The highest BCUT2D eigenvalue weighted by atomic mass is 35.5. The van der Waals surface area contributed by atoms with E-state index in [4.69, 9.17) is 11.6 Å². The number of thiazole rings is 1. The Hall–Kier alpha value is -1.75. The Kier molecular flexibility index (Phi) is 4.76. The lowest BCUT2D eigenvalue weighted by molar-refractivity contribution is -0.380. The maximum Gasteiger partial charge on any atom is 0.344 e. The zero-order chi connectivity index (χ0) is 16.4. The lowest BCUT2D eigenvalue weighted by atomic mass is 10.2. The first-order valence-electron chi connectivity index (χ1n) is 6.16. The summed E-state index contributed by atoms with van der Waals surface area (Å²) >= 11 is 9.58. The summed E-state index contributed by atoms with van der Waals surface area (Å²) in [5, 5.41) is 23.2. The molecule has 2 heterocycles. The molecule has 0 saturated heterocycles. The first-order chi connectivity index (χ1) is 11.0. The van der Waals surface area contributed by atoms with E-state index in [0.717, 1.165) is 22.6 Å². The van der Waals surface area contributed by atoms with E-state index in [-0.39, 0.29) is 5.00 Å². The number of rotatable bonds is 5. The van der Waals surface area contributed by atoms with Crippen LogP contribution in [0.3, 0.4) is 0 Å². The maximum atomic E-state index is 10.7. The number of aromatic nitrogens is 3. The fourth-order valence-corrected chi connectivity index (χ4v) is 4.52. The van der Waals surface area contributed by atoms with E-state index < -0.39 is 4.92 Å². The third kappa shape index (κ3) is 3.96. The molecule has 0 aliphatic heterocycles. The molecular weight excluding hydrogens is 378 g/mol. The minimum absolute atomic E-state index is 0.00455. The van der Waals surface area contributed by atoms with Gasteiger partial charge in [0.2, 0.25) is 5.13 Å². The van der Waals surface area contributed by atoms with Gasteiger partial charge in [0.15, 0.2) is 8.68 Å². The van der Waals surface area contributed by atoms with Gasteiger partial charge in [-0.25, -0.2) is 4.98 Å². The molecule has 118 valence electrons. The lowest BCUT2D eigenvalue weighted by Crippen LogP contribution is -1.92. The number of anilines is 2. The summed E-state index contributed by atoms with van der Waals surface area (Å²) in [5.41, 5.74) is 1.89. The second kappa shape index (κ2) is 6.79. The molecule has 7 nitrogen and oxygen atoms in total. The van der Waals surface area contributed by atoms with E-state index in [9.17, 15) is 10.1 Å². The second-order valence-corrected chi connectivity index (χ2v) is 8.20. The zero-order valence-electron chi connectivity index (χ0n) is 11.5. The van der Waals surface area contributed by atoms with Crippen molar-refractivity contribution in [3.05, 3.63) is 45.1 Å². The van der Waals surface area contributed by atoms with Crippen LogP contribution in [0.25, 0.3) is 0 Å². The second-order valence-electron chi connectivity index (χ2n) is 4.28. The van der Waals surface area contributed by atoms with Crippen LogP contribution < -0.4 is 5.32 Å². The Balaban J connectivity index is 1.72. The molecule has 23 heavy (non-hydrogen) atoms. The highest BCUT2D eigenvalue weighted by Crippen LogP contribution is 2.37. The van der Waals surface area contributed by atoms with E-state index >= 15 is 0 Å². The van der Waals surface area contributed by atoms with Crippen LogP contribution in [0.4, 0.5) is 15.8 Å². The van der Waals surface area contributed by atoms with Gasteiger partial charge in [0.1, 0.15) is 6.20 Å². The van der Waals surface area contributed by atoms with Crippen LogP contribution in [-0.2, 0) is 0 Å². The van der Waals surface area contributed by atoms with Crippen LogP contribution in [0.5, 0.6) is 0 Å². The van der Waals surface area contributed by atoms with Crippen molar-refractivity contribution in [3.8, 4) is 0 Å². The Morgan fingerprint density at radius 1 is 1.30 bits per heavy atom. The third-order valence-electron chi connectivity index (χ3n) is 2.67. The zero-order valence-corrected chi connectivity index (χ0v) is 14.7. The molecule has 0 aliphatic rings. The van der Waals surface area contributed by atoms with Gasteiger partial charge in [0.25, 0.3) is 0 Å². The van der Waals surface area contributed by atoms with Gasteiger partial charge in [-0.05, 0) is 47.7 Å². The number of benzene rings is 1. The minimum atomic E-state index is -0.462. The smallest absolute Gasteiger partial charge is 0.330 e. The lowest BCUT2D eigenvalue weighted by Gasteiger charge is -2.05. The number of hydrogen-bond donors (Lipinski definition) is 1. The molecule has 0 atom stereocenters. The van der Waals surface area contributed by atoms with E-state index in [1.54, 1.807) is 0 Å². The molecule has 1 aromatic carbocycles. The molecule has 11 heteroatoms. The van der Waals surface area contributed by atoms with Gasteiger partial charge >= 0.3 is 5.00 Å². The summed E-state index contributed by atoms with van der Waals surface area (Å²) in [6.45, 7) is 1.96. The predicted octanol–water partition coefficient (Wildman–Crippen LogP) is 4.76. The van der Waals surface area contributed by atoms with Gasteiger partial charge in [0.05, 0.1) is 4.92 Å². The molecule has 0 amide bonds. The first-order valence-corrected chi connectivity index (χ1v) is 8.99. The molecule has 0 radical (unpaired) electrons. The maximum absolute atomic E-state index is 10.7. The monoisotopic (exact) mass is 385 g/mol. The molecule has 3 aromatic rings. The quantitative estimate of drug-likeness (QED) is 0.499. The van der Waals surface area contributed by atoms with Crippen LogP contribution in [-0.4, -0.2) is 20.1 Å². The highest BCUT2D eigenvalue weighted by Gasteiger charge is 2.15. The molecular formula is C12H8ClN5O2S3. The summed E-state index contributed by atoms with van der Waals surface area (Å²) in [4.78, 5) is 14.2. The fraction of sp³-hybridized carbons (Fsp3) is 0.0833. The molecule has 3 rings (SSSR count). The molecule has 0 unspecified atom stereocenters. The molecule has 0 aliphatic carbocycles. The number of nitrogens with zero attached hydrogens (tertiary/aromatic N) is 4. The third-order valence-corrected chi connectivity index (χ3v) is 5.82. The molecule has 0 fully saturated rings. The highest BCUT2D eigenvalue weighted by molar-refractivity contribution is 8.02. The largest absolute Gasteiger partial charge is 0.344 e. The standard InChI is InChI=1S/C12H8ClN5O2S3/c1-6-2-3-7(13)4-8(6)15-10-16-17-12(22-10)23-11-14-5-9(21-11)18(19)20/h2-5H,1H3,(H,15,16). The Morgan fingerprint density at radius 3 is 2.87 bits per heavy atom. The number of nitro groups is 1. The molecule has 2 aromatic heterocycles. The van der Waals surface area contributed by atoms with E-state index in [1.165, 1.54) is 29.3 Å². The summed E-state index contributed by atoms with van der Waals surface area (Å²) in [7, 11) is 0. The minimum Gasteiger partial charge on any atom is -0.330 e. The summed E-state index contributed by atoms with van der Waals surface area (Å²) in [6, 6.07) is 5.55. The van der Waals surface area contributed by atoms with Gasteiger partial charge in [-0.1, -0.05) is 29.0 Å². The molecule has 1 N–H and O–H groups in total. The van der Waals surface area contributed by atoms with Crippen LogP contribution >= 0.6 is 46.0 Å². The van der Waals surface area contributed by atoms with E-state index in [2.05, 4.69) is 20.5 Å². The summed E-state index contributed by atoms with van der Waals surface area (Å²) in [5.74, 6) is 0. The normalized spacial score (nSPS) is 10.7. The Bertz CT molecular complexity index is 866. The molecule has 0 bridgehead atoms. The van der Waals surface area contributed by atoms with Crippen molar-refractivity contribution in [1.82, 2.24) is 15.2 Å². The fourth-order valence-electron chi connectivity index (χ4n) is 1.60. The van der Waals surface area contributed by atoms with Gasteiger partial charge < -0.3 is 5.32 Å². The van der Waals surface area contributed by atoms with E-state index in [0.29, 0.717) is 18.8 Å². The predicted molar refractivity (Wildman–Crippen MR) is 92.3 cm³/mol. The van der Waals surface area contributed by atoms with Crippen molar-refractivity contribution in [2.75, 3.05) is 5.32 Å². The van der Waals surface area contributed by atoms with Crippen molar-refractivity contribution in [2.24, 2.45) is 0 Å². The number of aryl methyl sites for hydroxylation is 1. The van der Waals surface area contributed by atoms with Gasteiger partial charge in [-0.2, -0.15) is 0 Å². The van der Waals surface area contributed by atoms with Crippen molar-refractivity contribution >= 4 is 61.9 Å². The van der Waals surface area contributed by atoms with Gasteiger partial charge in [0, 0.05) is 10.7 Å². The topological polar surface area (TPSA) is 93.8 Å². The molecule has 0 saturated carbocycles. The summed E-state index contributed by atoms with van der Waals surface area (Å²) < 4.78 is 1.20. The van der Waals surface area contributed by atoms with Gasteiger partial charge in [-0.15, -0.1) is 10.2 Å². The number of nitrogens with one attached hydrogen (secondary N) is 1. The van der Waals surface area contributed by atoms with Crippen molar-refractivity contribution in [2.45, 2.75) is 15.6 Å². The first kappa shape index (κ1) is 16.1. The average Bonchev–Trinajstić information content (AvgIpc) is 3.13. The average molecular weight is 386 g/mol. The van der Waals surface area contributed by atoms with E-state index in [1.807, 2.05) is 25.1 Å².